The summed E-state index contributed by atoms with van der Waals surface area (Å²) in [6.07, 6.45) is 0.161. The van der Waals surface area contributed by atoms with Crippen molar-refractivity contribution >= 4 is 55.9 Å². The number of nitrogens with one attached hydrogen (secondary N) is 2. The number of benzene rings is 2. The Balaban J connectivity index is 1.61. The van der Waals surface area contributed by atoms with Crippen LogP contribution in [0.1, 0.15) is 22.3 Å². The smallest absolute Gasteiger partial charge is 0.252 e. The normalized spacial score (nSPS) is 10.6. The van der Waals surface area contributed by atoms with Gasteiger partial charge in [-0.25, -0.2) is 4.98 Å². The highest BCUT2D eigenvalue weighted by Gasteiger charge is 2.13. The van der Waals surface area contributed by atoms with E-state index in [0.717, 1.165) is 15.7 Å². The third-order valence-corrected chi connectivity index (χ3v) is 4.73. The number of halogens is 2. The van der Waals surface area contributed by atoms with E-state index in [1.165, 1.54) is 6.07 Å². The number of nitrogens with zero attached hydrogens (tertiary/aromatic N) is 1. The van der Waals surface area contributed by atoms with Gasteiger partial charge in [0.2, 0.25) is 5.91 Å². The number of hydrogen-bond acceptors (Lipinski definition) is 3. The average molecular weight is 447 g/mol. The SMILES string of the molecule is Cc1ccc(Br)cc1NC(=O)CCNC(=O)c1cc(Cl)nc2ccccc12. The van der Waals surface area contributed by atoms with E-state index in [1.807, 2.05) is 43.3 Å². The van der Waals surface area contributed by atoms with Gasteiger partial charge in [-0.05, 0) is 36.8 Å². The molecule has 138 valence electrons. The Labute approximate surface area is 170 Å². The summed E-state index contributed by atoms with van der Waals surface area (Å²) >= 11 is 9.40. The second kappa shape index (κ2) is 8.50. The maximum absolute atomic E-state index is 12.5. The Morgan fingerprint density at radius 3 is 2.74 bits per heavy atom. The number of para-hydroxylation sites is 1. The molecule has 0 saturated heterocycles. The molecule has 0 aliphatic carbocycles. The molecule has 1 heterocycles. The average Bonchev–Trinajstić information content (AvgIpc) is 2.64. The molecule has 7 heteroatoms. The third kappa shape index (κ3) is 4.84. The van der Waals surface area contributed by atoms with E-state index in [1.54, 1.807) is 6.07 Å². The summed E-state index contributed by atoms with van der Waals surface area (Å²) in [5.74, 6) is -0.462. The summed E-state index contributed by atoms with van der Waals surface area (Å²) < 4.78 is 0.887. The molecule has 1 aromatic heterocycles. The molecule has 0 radical (unpaired) electrons. The molecule has 3 rings (SSSR count). The molecule has 27 heavy (non-hydrogen) atoms. The van der Waals surface area contributed by atoms with Crippen LogP contribution in [0.5, 0.6) is 0 Å². The van der Waals surface area contributed by atoms with Crippen LogP contribution in [0.2, 0.25) is 5.15 Å². The Morgan fingerprint density at radius 1 is 1.15 bits per heavy atom. The van der Waals surface area contributed by atoms with Crippen molar-refractivity contribution in [2.45, 2.75) is 13.3 Å². The number of amides is 2. The van der Waals surface area contributed by atoms with Crippen molar-refractivity contribution in [3.63, 3.8) is 0 Å². The molecule has 0 saturated carbocycles. The van der Waals surface area contributed by atoms with Gasteiger partial charge in [-0.15, -0.1) is 0 Å². The quantitative estimate of drug-likeness (QED) is 0.557. The molecular weight excluding hydrogens is 430 g/mol. The van der Waals surface area contributed by atoms with Crippen molar-refractivity contribution in [3.05, 3.63) is 69.3 Å². The van der Waals surface area contributed by atoms with E-state index in [2.05, 4.69) is 31.5 Å². The largest absolute Gasteiger partial charge is 0.351 e. The van der Waals surface area contributed by atoms with Crippen LogP contribution >= 0.6 is 27.5 Å². The van der Waals surface area contributed by atoms with Gasteiger partial charge in [-0.2, -0.15) is 0 Å². The molecular formula is C20H17BrClN3O2. The number of pyridine rings is 1. The maximum atomic E-state index is 12.5. The van der Waals surface area contributed by atoms with Gasteiger partial charge < -0.3 is 10.6 Å². The first-order valence-electron chi connectivity index (χ1n) is 8.33. The number of hydrogen-bond donors (Lipinski definition) is 2. The first-order chi connectivity index (χ1) is 12.9. The number of anilines is 1. The van der Waals surface area contributed by atoms with Crippen LogP contribution in [0, 0.1) is 6.92 Å². The number of carbonyl (C=O) groups excluding carboxylic acids is 2. The molecule has 0 spiro atoms. The lowest BCUT2D eigenvalue weighted by atomic mass is 10.1. The number of aromatic nitrogens is 1. The molecule has 0 atom stereocenters. The highest BCUT2D eigenvalue weighted by molar-refractivity contribution is 9.10. The summed E-state index contributed by atoms with van der Waals surface area (Å²) in [6.45, 7) is 2.13. The van der Waals surface area contributed by atoms with E-state index < -0.39 is 0 Å². The Hall–Kier alpha value is -2.44. The van der Waals surface area contributed by atoms with Gasteiger partial charge in [0.15, 0.2) is 0 Å². The first-order valence-corrected chi connectivity index (χ1v) is 9.50. The van der Waals surface area contributed by atoms with Gasteiger partial charge in [-0.1, -0.05) is 51.8 Å². The molecule has 0 aliphatic rings. The second-order valence-electron chi connectivity index (χ2n) is 6.02. The summed E-state index contributed by atoms with van der Waals surface area (Å²) in [5, 5.41) is 6.59. The van der Waals surface area contributed by atoms with E-state index in [0.29, 0.717) is 16.5 Å². The molecule has 0 unspecified atom stereocenters. The number of fused-ring (bicyclic) bond motifs is 1. The van der Waals surface area contributed by atoms with Crippen LogP contribution in [-0.4, -0.2) is 23.3 Å². The number of carbonyl (C=O) groups is 2. The van der Waals surface area contributed by atoms with Gasteiger partial charge in [0.05, 0.1) is 11.1 Å². The van der Waals surface area contributed by atoms with Crippen LogP contribution in [0.3, 0.4) is 0 Å². The topological polar surface area (TPSA) is 71.1 Å². The van der Waals surface area contributed by atoms with E-state index in [-0.39, 0.29) is 29.9 Å². The zero-order valence-corrected chi connectivity index (χ0v) is 16.9. The molecule has 3 aromatic rings. The lowest BCUT2D eigenvalue weighted by Gasteiger charge is -2.10. The van der Waals surface area contributed by atoms with Crippen molar-refractivity contribution in [2.75, 3.05) is 11.9 Å². The standard InChI is InChI=1S/C20H17BrClN3O2/c1-12-6-7-13(21)10-17(12)25-19(26)8-9-23-20(27)15-11-18(22)24-16-5-3-2-4-14(15)16/h2-7,10-11H,8-9H2,1H3,(H,23,27)(H,25,26). The minimum absolute atomic E-state index is 0.161. The molecule has 0 bridgehead atoms. The lowest BCUT2D eigenvalue weighted by molar-refractivity contribution is -0.116. The fraction of sp³-hybridized carbons (Fsp3) is 0.150. The zero-order chi connectivity index (χ0) is 19.4. The summed E-state index contributed by atoms with van der Waals surface area (Å²) in [5.41, 5.74) is 2.80. The second-order valence-corrected chi connectivity index (χ2v) is 7.33. The van der Waals surface area contributed by atoms with Crippen LogP contribution in [0.4, 0.5) is 5.69 Å². The van der Waals surface area contributed by atoms with Gasteiger partial charge in [0.1, 0.15) is 5.15 Å². The highest BCUT2D eigenvalue weighted by Crippen LogP contribution is 2.21. The highest BCUT2D eigenvalue weighted by atomic mass is 79.9. The third-order valence-electron chi connectivity index (χ3n) is 4.04. The van der Waals surface area contributed by atoms with E-state index in [9.17, 15) is 9.59 Å². The fourth-order valence-corrected chi connectivity index (χ4v) is 3.22. The van der Waals surface area contributed by atoms with Gasteiger partial charge in [0.25, 0.3) is 5.91 Å². The van der Waals surface area contributed by atoms with E-state index in [4.69, 9.17) is 11.6 Å². The Kier molecular flexibility index (Phi) is 6.08. The van der Waals surface area contributed by atoms with Crippen molar-refractivity contribution in [3.8, 4) is 0 Å². The molecule has 2 amide bonds. The van der Waals surface area contributed by atoms with Crippen LogP contribution in [0.15, 0.2) is 53.0 Å². The Bertz CT molecular complexity index is 1020. The maximum Gasteiger partial charge on any atom is 0.252 e. The fourth-order valence-electron chi connectivity index (χ4n) is 2.66. The van der Waals surface area contributed by atoms with Crippen molar-refractivity contribution in [2.24, 2.45) is 0 Å². The van der Waals surface area contributed by atoms with Crippen molar-refractivity contribution in [1.29, 1.82) is 0 Å². The minimum Gasteiger partial charge on any atom is -0.351 e. The minimum atomic E-state index is -0.290. The number of aryl methyl sites for hydroxylation is 1. The van der Waals surface area contributed by atoms with Gasteiger partial charge in [-0.3, -0.25) is 9.59 Å². The molecule has 2 N–H and O–H groups in total. The molecule has 5 nitrogen and oxygen atoms in total. The van der Waals surface area contributed by atoms with Crippen LogP contribution in [-0.2, 0) is 4.79 Å². The van der Waals surface area contributed by atoms with Crippen LogP contribution in [0.25, 0.3) is 10.9 Å². The number of rotatable bonds is 5. The van der Waals surface area contributed by atoms with Crippen molar-refractivity contribution < 1.29 is 9.59 Å². The monoisotopic (exact) mass is 445 g/mol. The van der Waals surface area contributed by atoms with Crippen molar-refractivity contribution in [1.82, 2.24) is 10.3 Å². The summed E-state index contributed by atoms with van der Waals surface area (Å²) in [6, 6.07) is 14.5. The predicted molar refractivity (Wildman–Crippen MR) is 111 cm³/mol. The van der Waals surface area contributed by atoms with Crippen LogP contribution < -0.4 is 10.6 Å². The van der Waals surface area contributed by atoms with Gasteiger partial charge >= 0.3 is 0 Å². The molecule has 0 aliphatic heterocycles. The summed E-state index contributed by atoms with van der Waals surface area (Å²) in [7, 11) is 0. The lowest BCUT2D eigenvalue weighted by Crippen LogP contribution is -2.28. The predicted octanol–water partition coefficient (Wildman–Crippen LogP) is 4.72. The first kappa shape index (κ1) is 19.3. The molecule has 0 fully saturated rings. The Morgan fingerprint density at radius 2 is 1.93 bits per heavy atom. The van der Waals surface area contributed by atoms with Gasteiger partial charge in [0, 0.05) is 28.5 Å². The summed E-state index contributed by atoms with van der Waals surface area (Å²) in [4.78, 5) is 28.9. The van der Waals surface area contributed by atoms with E-state index >= 15 is 0 Å². The zero-order valence-electron chi connectivity index (χ0n) is 14.6. The molecule has 2 aromatic carbocycles.